The number of aryl methyl sites for hydroxylation is 2. The number of non-ortho nitro benzene ring substituents is 1. The number of nitro groups is 1. The van der Waals surface area contributed by atoms with E-state index in [1.54, 1.807) is 35.0 Å². The molecule has 0 saturated carbocycles. The van der Waals surface area contributed by atoms with Crippen molar-refractivity contribution in [1.82, 2.24) is 20.1 Å². The van der Waals surface area contributed by atoms with E-state index in [0.717, 1.165) is 17.0 Å². The number of hydrogen-bond acceptors (Lipinski definition) is 7. The number of pyridine rings is 1. The van der Waals surface area contributed by atoms with Crippen LogP contribution in [0.4, 0.5) is 5.69 Å². The lowest BCUT2D eigenvalue weighted by atomic mass is 9.94. The number of aromatic nitrogens is 3. The third-order valence-electron chi connectivity index (χ3n) is 6.13. The third-order valence-corrected chi connectivity index (χ3v) is 6.13. The summed E-state index contributed by atoms with van der Waals surface area (Å²) in [5.74, 6) is 0.0464. The van der Waals surface area contributed by atoms with Crippen LogP contribution in [-0.4, -0.2) is 37.8 Å². The van der Waals surface area contributed by atoms with Gasteiger partial charge in [0.25, 0.3) is 5.69 Å². The predicted octanol–water partition coefficient (Wildman–Crippen LogP) is 3.66. The van der Waals surface area contributed by atoms with Crippen LogP contribution in [0.5, 0.6) is 11.5 Å². The van der Waals surface area contributed by atoms with E-state index in [9.17, 15) is 20.0 Å². The normalized spacial score (nSPS) is 11.9. The van der Waals surface area contributed by atoms with Gasteiger partial charge in [0.2, 0.25) is 5.91 Å². The molecular formula is C25H25N5O5. The maximum absolute atomic E-state index is 13.2. The number of carbonyl (C=O) groups is 1. The van der Waals surface area contributed by atoms with Crippen LogP contribution in [0, 0.1) is 24.0 Å². The van der Waals surface area contributed by atoms with E-state index in [1.807, 2.05) is 20.9 Å². The van der Waals surface area contributed by atoms with Gasteiger partial charge >= 0.3 is 0 Å². The van der Waals surface area contributed by atoms with Crippen LogP contribution in [0.1, 0.15) is 34.1 Å². The molecule has 0 bridgehead atoms. The number of rotatable bonds is 7. The number of amides is 1. The first-order valence-electron chi connectivity index (χ1n) is 10.9. The van der Waals surface area contributed by atoms with Gasteiger partial charge in [-0.1, -0.05) is 12.1 Å². The number of fused-ring (bicyclic) bond motifs is 1. The third kappa shape index (κ3) is 4.50. The molecule has 10 heteroatoms. The van der Waals surface area contributed by atoms with Crippen molar-refractivity contribution < 1.29 is 19.6 Å². The summed E-state index contributed by atoms with van der Waals surface area (Å²) in [5.41, 5.74) is 3.06. The number of nitrogens with zero attached hydrogens (tertiary/aromatic N) is 4. The van der Waals surface area contributed by atoms with Crippen molar-refractivity contribution in [3.63, 3.8) is 0 Å². The van der Waals surface area contributed by atoms with Crippen LogP contribution in [0.2, 0.25) is 0 Å². The molecular weight excluding hydrogens is 450 g/mol. The molecule has 0 aliphatic carbocycles. The smallest absolute Gasteiger partial charge is 0.279 e. The maximum atomic E-state index is 13.2. The summed E-state index contributed by atoms with van der Waals surface area (Å²) in [5, 5.41) is 30.5. The number of phenols is 1. The Morgan fingerprint density at radius 3 is 2.57 bits per heavy atom. The molecule has 0 aliphatic heterocycles. The number of phenolic OH excluding ortho intramolecular Hbond substituents is 1. The van der Waals surface area contributed by atoms with Crippen molar-refractivity contribution in [2.24, 2.45) is 7.05 Å². The second-order valence-electron chi connectivity index (χ2n) is 8.21. The summed E-state index contributed by atoms with van der Waals surface area (Å²) in [6, 6.07) is 10.4. The van der Waals surface area contributed by atoms with Crippen molar-refractivity contribution >= 4 is 22.5 Å². The highest BCUT2D eigenvalue weighted by Gasteiger charge is 2.27. The quantitative estimate of drug-likeness (QED) is 0.308. The monoisotopic (exact) mass is 475 g/mol. The Bertz CT molecular complexity index is 1430. The summed E-state index contributed by atoms with van der Waals surface area (Å²) in [6.07, 6.45) is 1.51. The van der Waals surface area contributed by atoms with Gasteiger partial charge in [-0.15, -0.1) is 0 Å². The molecule has 0 saturated heterocycles. The lowest BCUT2D eigenvalue weighted by Crippen LogP contribution is -2.31. The number of carbonyl (C=O) groups excluding carboxylic acids is 1. The van der Waals surface area contributed by atoms with Crippen molar-refractivity contribution in [3.05, 3.63) is 86.9 Å². The number of methoxy groups -OCH3 is 1. The van der Waals surface area contributed by atoms with E-state index < -0.39 is 11.0 Å². The molecule has 4 rings (SSSR count). The summed E-state index contributed by atoms with van der Waals surface area (Å²) in [7, 11) is 3.35. The minimum absolute atomic E-state index is 0.0623. The van der Waals surface area contributed by atoms with Gasteiger partial charge in [-0.05, 0) is 43.7 Å². The Morgan fingerprint density at radius 2 is 1.97 bits per heavy atom. The molecule has 0 radical (unpaired) electrons. The number of nitrogens with one attached hydrogen (secondary N) is 1. The zero-order chi connectivity index (χ0) is 25.3. The molecule has 180 valence electrons. The molecule has 4 aromatic rings. The molecule has 1 unspecified atom stereocenters. The highest BCUT2D eigenvalue weighted by Crippen LogP contribution is 2.39. The van der Waals surface area contributed by atoms with Crippen molar-refractivity contribution in [2.45, 2.75) is 26.3 Å². The van der Waals surface area contributed by atoms with E-state index in [0.29, 0.717) is 11.3 Å². The fraction of sp³-hybridized carbons (Fsp3) is 0.240. The molecule has 0 spiro atoms. The Balaban J connectivity index is 1.82. The minimum Gasteiger partial charge on any atom is -0.505 e. The predicted molar refractivity (Wildman–Crippen MR) is 129 cm³/mol. The topological polar surface area (TPSA) is 132 Å². The summed E-state index contributed by atoms with van der Waals surface area (Å²) >= 11 is 0. The molecule has 1 amide bonds. The van der Waals surface area contributed by atoms with Crippen LogP contribution in [0.3, 0.4) is 0 Å². The van der Waals surface area contributed by atoms with Crippen LogP contribution >= 0.6 is 0 Å². The SMILES string of the molecule is COc1ccc(C(NC(=O)Cc2c(C)nn(C)c2C)c2cc([N+](=O)[O-])c3cccnc3c2O)cc1. The first-order chi connectivity index (χ1) is 16.7. The fourth-order valence-corrected chi connectivity index (χ4v) is 4.18. The van der Waals surface area contributed by atoms with E-state index in [4.69, 9.17) is 4.74 Å². The van der Waals surface area contributed by atoms with Crippen LogP contribution in [0.15, 0.2) is 48.7 Å². The first kappa shape index (κ1) is 23.7. The number of nitro benzene ring substituents is 1. The molecule has 2 N–H and O–H groups in total. The number of benzene rings is 2. The standard InChI is InChI=1S/C25H25N5O5/c1-14-19(15(2)29(3)28-14)13-22(31)27-23(16-7-9-17(35-4)10-8-16)20-12-21(30(33)34)18-6-5-11-26-24(18)25(20)32/h5-12,23,32H,13H2,1-4H3,(H,27,31). The molecule has 0 fully saturated rings. The Kier molecular flexibility index (Phi) is 6.37. The van der Waals surface area contributed by atoms with Crippen LogP contribution in [-0.2, 0) is 18.3 Å². The highest BCUT2D eigenvalue weighted by molar-refractivity contribution is 5.94. The van der Waals surface area contributed by atoms with Gasteiger partial charge in [0.1, 0.15) is 17.0 Å². The summed E-state index contributed by atoms with van der Waals surface area (Å²) in [6.45, 7) is 3.72. The molecule has 0 aliphatic rings. The highest BCUT2D eigenvalue weighted by atomic mass is 16.6. The number of hydrogen-bond donors (Lipinski definition) is 2. The van der Waals surface area contributed by atoms with Gasteiger partial charge in [0.05, 0.1) is 35.6 Å². The Hall–Kier alpha value is -4.47. The summed E-state index contributed by atoms with van der Waals surface area (Å²) in [4.78, 5) is 28.7. The van der Waals surface area contributed by atoms with Gasteiger partial charge in [0.15, 0.2) is 0 Å². The first-order valence-corrected chi connectivity index (χ1v) is 10.9. The van der Waals surface area contributed by atoms with Crippen molar-refractivity contribution in [3.8, 4) is 11.5 Å². The molecule has 35 heavy (non-hydrogen) atoms. The number of ether oxygens (including phenoxy) is 1. The van der Waals surface area contributed by atoms with E-state index in [1.165, 1.54) is 25.4 Å². The van der Waals surface area contributed by atoms with E-state index >= 15 is 0 Å². The lowest BCUT2D eigenvalue weighted by Gasteiger charge is -2.22. The molecule has 2 aromatic carbocycles. The minimum atomic E-state index is -0.879. The molecule has 10 nitrogen and oxygen atoms in total. The fourth-order valence-electron chi connectivity index (χ4n) is 4.18. The number of aromatic hydroxyl groups is 1. The average molecular weight is 476 g/mol. The lowest BCUT2D eigenvalue weighted by molar-refractivity contribution is -0.383. The van der Waals surface area contributed by atoms with E-state index in [-0.39, 0.29) is 40.2 Å². The van der Waals surface area contributed by atoms with Crippen LogP contribution < -0.4 is 10.1 Å². The van der Waals surface area contributed by atoms with Crippen molar-refractivity contribution in [2.75, 3.05) is 7.11 Å². The van der Waals surface area contributed by atoms with Gasteiger partial charge in [0, 0.05) is 36.1 Å². The second-order valence-corrected chi connectivity index (χ2v) is 8.21. The van der Waals surface area contributed by atoms with Gasteiger partial charge < -0.3 is 15.2 Å². The Morgan fingerprint density at radius 1 is 1.26 bits per heavy atom. The second kappa shape index (κ2) is 9.41. The maximum Gasteiger partial charge on any atom is 0.279 e. The zero-order valence-corrected chi connectivity index (χ0v) is 19.8. The zero-order valence-electron chi connectivity index (χ0n) is 19.8. The average Bonchev–Trinajstić information content (AvgIpc) is 3.09. The molecule has 2 heterocycles. The largest absolute Gasteiger partial charge is 0.505 e. The summed E-state index contributed by atoms with van der Waals surface area (Å²) < 4.78 is 6.94. The Labute approximate surface area is 201 Å². The van der Waals surface area contributed by atoms with Gasteiger partial charge in [-0.25, -0.2) is 0 Å². The molecule has 2 aromatic heterocycles. The molecule has 1 atom stereocenters. The van der Waals surface area contributed by atoms with Gasteiger partial charge in [-0.2, -0.15) is 5.10 Å². The van der Waals surface area contributed by atoms with Crippen molar-refractivity contribution in [1.29, 1.82) is 0 Å². The van der Waals surface area contributed by atoms with Crippen LogP contribution in [0.25, 0.3) is 10.9 Å². The van der Waals surface area contributed by atoms with Gasteiger partial charge in [-0.3, -0.25) is 24.6 Å². The van der Waals surface area contributed by atoms with E-state index in [2.05, 4.69) is 15.4 Å².